The van der Waals surface area contributed by atoms with Gasteiger partial charge in [-0.2, -0.15) is 0 Å². The second kappa shape index (κ2) is 12.7. The SMILES string of the molecule is O=C1NC[C@@H](CCCCN2CCN(CC3CCCCC3)C(=O)C2=O)N(CCC2CCCCC2)C1=O. The molecule has 4 fully saturated rings. The lowest BCUT2D eigenvalue weighted by molar-refractivity contribution is -0.156. The fourth-order valence-electron chi connectivity index (χ4n) is 6.50. The Labute approximate surface area is 210 Å². The van der Waals surface area contributed by atoms with Gasteiger partial charge < -0.3 is 20.0 Å². The van der Waals surface area contributed by atoms with Gasteiger partial charge in [0.05, 0.1) is 0 Å². The summed E-state index contributed by atoms with van der Waals surface area (Å²) in [4.78, 5) is 55.1. The van der Waals surface area contributed by atoms with Crippen LogP contribution in [0.2, 0.25) is 0 Å². The second-order valence-corrected chi connectivity index (χ2v) is 11.2. The highest BCUT2D eigenvalue weighted by molar-refractivity contribution is 6.36. The molecule has 4 aliphatic rings. The van der Waals surface area contributed by atoms with Crippen LogP contribution in [0.25, 0.3) is 0 Å². The summed E-state index contributed by atoms with van der Waals surface area (Å²) in [6, 6.07) is 0.0217. The van der Waals surface area contributed by atoms with E-state index in [2.05, 4.69) is 5.32 Å². The van der Waals surface area contributed by atoms with E-state index in [0.717, 1.165) is 32.2 Å². The minimum absolute atomic E-state index is 0.0217. The van der Waals surface area contributed by atoms with Crippen molar-refractivity contribution in [3.8, 4) is 0 Å². The molecule has 0 unspecified atom stereocenters. The molecule has 0 radical (unpaired) electrons. The number of nitrogens with one attached hydrogen (secondary N) is 1. The Bertz CT molecular complexity index is 760. The molecule has 8 nitrogen and oxygen atoms in total. The third-order valence-corrected chi connectivity index (χ3v) is 8.71. The normalized spacial score (nSPS) is 25.4. The van der Waals surface area contributed by atoms with Gasteiger partial charge in [0.1, 0.15) is 0 Å². The number of carbonyl (C=O) groups excluding carboxylic acids is 4. The average Bonchev–Trinajstić information content (AvgIpc) is 2.88. The van der Waals surface area contributed by atoms with Crippen LogP contribution < -0.4 is 5.32 Å². The Morgan fingerprint density at radius 2 is 1.29 bits per heavy atom. The van der Waals surface area contributed by atoms with E-state index in [1.165, 1.54) is 64.2 Å². The molecule has 0 spiro atoms. The van der Waals surface area contributed by atoms with Gasteiger partial charge in [0.25, 0.3) is 0 Å². The number of carbonyl (C=O) groups is 4. The van der Waals surface area contributed by atoms with Crippen molar-refractivity contribution in [2.75, 3.05) is 39.3 Å². The van der Waals surface area contributed by atoms with E-state index >= 15 is 0 Å². The number of piperazine rings is 2. The Morgan fingerprint density at radius 3 is 2.00 bits per heavy atom. The maximum Gasteiger partial charge on any atom is 0.312 e. The number of unbranched alkanes of at least 4 members (excludes halogenated alkanes) is 1. The van der Waals surface area contributed by atoms with E-state index in [-0.39, 0.29) is 17.9 Å². The van der Waals surface area contributed by atoms with Gasteiger partial charge in [0.15, 0.2) is 0 Å². The Morgan fingerprint density at radius 1 is 0.657 bits per heavy atom. The number of nitrogens with zero attached hydrogens (tertiary/aromatic N) is 3. The number of amides is 4. The quantitative estimate of drug-likeness (QED) is 0.378. The molecule has 0 bridgehead atoms. The van der Waals surface area contributed by atoms with Gasteiger partial charge in [-0.1, -0.05) is 51.4 Å². The van der Waals surface area contributed by atoms with Crippen LogP contribution in [0.4, 0.5) is 0 Å². The van der Waals surface area contributed by atoms with Crippen LogP contribution in [-0.4, -0.2) is 83.6 Å². The first kappa shape index (κ1) is 26.0. The number of rotatable bonds is 10. The van der Waals surface area contributed by atoms with E-state index in [4.69, 9.17) is 0 Å². The van der Waals surface area contributed by atoms with Crippen molar-refractivity contribution in [2.24, 2.45) is 11.8 Å². The molecule has 4 rings (SSSR count). The maximum absolute atomic E-state index is 12.7. The number of hydrogen-bond acceptors (Lipinski definition) is 4. The molecule has 0 aromatic heterocycles. The van der Waals surface area contributed by atoms with E-state index in [0.29, 0.717) is 44.6 Å². The zero-order chi connectivity index (χ0) is 24.6. The Kier molecular flexibility index (Phi) is 9.44. The lowest BCUT2D eigenvalue weighted by atomic mass is 9.86. The van der Waals surface area contributed by atoms with Gasteiger partial charge in [0, 0.05) is 45.3 Å². The third kappa shape index (κ3) is 6.98. The lowest BCUT2D eigenvalue weighted by Crippen LogP contribution is -2.58. The minimum Gasteiger partial charge on any atom is -0.346 e. The fourth-order valence-corrected chi connectivity index (χ4v) is 6.50. The molecule has 0 aromatic rings. The first-order valence-electron chi connectivity index (χ1n) is 14.2. The molecule has 2 saturated heterocycles. The number of hydrogen-bond donors (Lipinski definition) is 1. The molecule has 2 heterocycles. The van der Waals surface area contributed by atoms with Crippen molar-refractivity contribution >= 4 is 23.6 Å². The molecule has 1 N–H and O–H groups in total. The van der Waals surface area contributed by atoms with Crippen LogP contribution in [0.3, 0.4) is 0 Å². The van der Waals surface area contributed by atoms with Crippen molar-refractivity contribution < 1.29 is 19.2 Å². The molecular weight excluding hydrogens is 444 g/mol. The summed E-state index contributed by atoms with van der Waals surface area (Å²) in [7, 11) is 0. The van der Waals surface area contributed by atoms with Gasteiger partial charge in [-0.05, 0) is 50.4 Å². The molecule has 8 heteroatoms. The van der Waals surface area contributed by atoms with Crippen molar-refractivity contribution in [3.05, 3.63) is 0 Å². The van der Waals surface area contributed by atoms with E-state index in [1.807, 2.05) is 0 Å². The summed E-state index contributed by atoms with van der Waals surface area (Å²) in [5.74, 6) is -0.362. The summed E-state index contributed by atoms with van der Waals surface area (Å²) in [6.45, 7) is 3.74. The predicted molar refractivity (Wildman–Crippen MR) is 133 cm³/mol. The van der Waals surface area contributed by atoms with E-state index in [9.17, 15) is 19.2 Å². The highest BCUT2D eigenvalue weighted by Gasteiger charge is 2.35. The summed E-state index contributed by atoms with van der Waals surface area (Å²) in [6.07, 6.45) is 15.9. The second-order valence-electron chi connectivity index (χ2n) is 11.2. The van der Waals surface area contributed by atoms with Crippen molar-refractivity contribution in [2.45, 2.75) is 95.9 Å². The van der Waals surface area contributed by atoms with Gasteiger partial charge in [-0.15, -0.1) is 0 Å². The molecule has 196 valence electrons. The highest BCUT2D eigenvalue weighted by Crippen LogP contribution is 2.28. The fraction of sp³-hybridized carbons (Fsp3) is 0.852. The van der Waals surface area contributed by atoms with Crippen molar-refractivity contribution in [1.29, 1.82) is 0 Å². The summed E-state index contributed by atoms with van der Waals surface area (Å²) < 4.78 is 0. The third-order valence-electron chi connectivity index (χ3n) is 8.71. The molecule has 35 heavy (non-hydrogen) atoms. The van der Waals surface area contributed by atoms with Gasteiger partial charge >= 0.3 is 23.6 Å². The maximum atomic E-state index is 12.7. The first-order chi connectivity index (χ1) is 17.0. The van der Waals surface area contributed by atoms with Gasteiger partial charge in [-0.25, -0.2) is 0 Å². The Hall–Kier alpha value is -2.12. The van der Waals surface area contributed by atoms with Crippen molar-refractivity contribution in [3.63, 3.8) is 0 Å². The standard InChI is InChI=1S/C27H44N4O4/c32-24-25(33)31(16-14-21-9-3-1-4-10-21)23(19-28-24)13-7-8-15-29-17-18-30(27(35)26(29)34)20-22-11-5-2-6-12-22/h21-23H,1-20H2,(H,28,32)/t23-/m1/s1. The molecule has 1 atom stereocenters. The van der Waals surface area contributed by atoms with Gasteiger partial charge in [-0.3, -0.25) is 19.2 Å². The van der Waals surface area contributed by atoms with Gasteiger partial charge in [0.2, 0.25) is 0 Å². The average molecular weight is 489 g/mol. The molecule has 2 aliphatic heterocycles. The predicted octanol–water partition coefficient (Wildman–Crippen LogP) is 2.71. The van der Waals surface area contributed by atoms with Crippen LogP contribution in [0, 0.1) is 11.8 Å². The van der Waals surface area contributed by atoms with Crippen LogP contribution in [-0.2, 0) is 19.2 Å². The van der Waals surface area contributed by atoms with E-state index < -0.39 is 11.8 Å². The monoisotopic (exact) mass is 488 g/mol. The van der Waals surface area contributed by atoms with Crippen LogP contribution in [0.1, 0.15) is 89.9 Å². The molecule has 2 saturated carbocycles. The topological polar surface area (TPSA) is 90.0 Å². The zero-order valence-electron chi connectivity index (χ0n) is 21.3. The largest absolute Gasteiger partial charge is 0.346 e. The minimum atomic E-state index is -0.486. The van der Waals surface area contributed by atoms with Crippen molar-refractivity contribution in [1.82, 2.24) is 20.0 Å². The van der Waals surface area contributed by atoms with E-state index in [1.54, 1.807) is 14.7 Å². The van der Waals surface area contributed by atoms with Crippen LogP contribution in [0.5, 0.6) is 0 Å². The lowest BCUT2D eigenvalue weighted by Gasteiger charge is -2.37. The Balaban J connectivity index is 1.19. The smallest absolute Gasteiger partial charge is 0.312 e. The first-order valence-corrected chi connectivity index (χ1v) is 14.2. The highest BCUT2D eigenvalue weighted by atomic mass is 16.2. The molecular formula is C27H44N4O4. The summed E-state index contributed by atoms with van der Waals surface area (Å²) >= 11 is 0. The summed E-state index contributed by atoms with van der Waals surface area (Å²) in [5.41, 5.74) is 0. The molecule has 0 aromatic carbocycles. The van der Waals surface area contributed by atoms with Crippen LogP contribution >= 0.6 is 0 Å². The van der Waals surface area contributed by atoms with Crippen LogP contribution in [0.15, 0.2) is 0 Å². The summed E-state index contributed by atoms with van der Waals surface area (Å²) in [5, 5.41) is 2.75. The zero-order valence-corrected chi connectivity index (χ0v) is 21.3. The molecule has 4 amide bonds. The molecule has 2 aliphatic carbocycles.